The monoisotopic (exact) mass is 256 g/mol. The summed E-state index contributed by atoms with van der Waals surface area (Å²) in [6.07, 6.45) is 4.40. The summed E-state index contributed by atoms with van der Waals surface area (Å²) in [5, 5.41) is 14.5. The Morgan fingerprint density at radius 1 is 1.28 bits per heavy atom. The Kier molecular flexibility index (Phi) is 5.44. The van der Waals surface area contributed by atoms with E-state index < -0.39 is 11.9 Å². The van der Waals surface area contributed by atoms with E-state index in [2.05, 4.69) is 17.6 Å². The van der Waals surface area contributed by atoms with Gasteiger partial charge in [-0.25, -0.2) is 4.79 Å². The van der Waals surface area contributed by atoms with Crippen LogP contribution in [0.25, 0.3) is 0 Å². The van der Waals surface area contributed by atoms with Crippen LogP contribution < -0.4 is 10.6 Å². The minimum absolute atomic E-state index is 0.223. The van der Waals surface area contributed by atoms with Gasteiger partial charge in [0.1, 0.15) is 0 Å². The van der Waals surface area contributed by atoms with Gasteiger partial charge in [-0.05, 0) is 32.6 Å². The molecule has 0 aromatic rings. The molecule has 0 saturated heterocycles. The van der Waals surface area contributed by atoms with Crippen LogP contribution in [0.4, 0.5) is 4.79 Å². The molecule has 4 unspecified atom stereocenters. The van der Waals surface area contributed by atoms with Gasteiger partial charge in [-0.1, -0.05) is 19.8 Å². The molecule has 0 radical (unpaired) electrons. The lowest BCUT2D eigenvalue weighted by atomic mass is 9.87. The van der Waals surface area contributed by atoms with E-state index in [0.29, 0.717) is 5.92 Å². The lowest BCUT2D eigenvalue weighted by Crippen LogP contribution is -2.49. The van der Waals surface area contributed by atoms with E-state index in [9.17, 15) is 9.59 Å². The van der Waals surface area contributed by atoms with Gasteiger partial charge in [-0.2, -0.15) is 0 Å². The summed E-state index contributed by atoms with van der Waals surface area (Å²) in [6, 6.07) is -0.403. The normalized spacial score (nSPS) is 27.1. The molecule has 1 aliphatic carbocycles. The first-order valence-electron chi connectivity index (χ1n) is 6.70. The minimum Gasteiger partial charge on any atom is -0.481 e. The summed E-state index contributed by atoms with van der Waals surface area (Å²) >= 11 is 0. The summed E-state index contributed by atoms with van der Waals surface area (Å²) < 4.78 is 0. The number of carboxylic acid groups (broad SMARTS) is 1. The van der Waals surface area contributed by atoms with Crippen molar-refractivity contribution in [3.63, 3.8) is 0 Å². The van der Waals surface area contributed by atoms with Gasteiger partial charge in [0.25, 0.3) is 0 Å². The molecule has 1 aliphatic rings. The first-order chi connectivity index (χ1) is 8.40. The van der Waals surface area contributed by atoms with Crippen molar-refractivity contribution in [1.82, 2.24) is 10.6 Å². The van der Waals surface area contributed by atoms with Crippen molar-refractivity contribution in [3.05, 3.63) is 0 Å². The van der Waals surface area contributed by atoms with Gasteiger partial charge < -0.3 is 15.7 Å². The molecule has 1 rings (SSSR count). The SMILES string of the molecule is CC1CCCC(NC(=O)NC(C)C(C)C(=O)O)C1. The summed E-state index contributed by atoms with van der Waals surface area (Å²) in [6.45, 7) is 5.50. The fraction of sp³-hybridized carbons (Fsp3) is 0.846. The van der Waals surface area contributed by atoms with Crippen LogP contribution in [0, 0.1) is 11.8 Å². The van der Waals surface area contributed by atoms with Gasteiger partial charge >= 0.3 is 12.0 Å². The maximum absolute atomic E-state index is 11.7. The predicted octanol–water partition coefficient (Wildman–Crippen LogP) is 1.97. The van der Waals surface area contributed by atoms with Crippen LogP contribution in [0.2, 0.25) is 0 Å². The molecule has 0 spiro atoms. The number of nitrogens with one attached hydrogen (secondary N) is 2. The van der Waals surface area contributed by atoms with Crippen LogP contribution in [-0.4, -0.2) is 29.2 Å². The first kappa shape index (κ1) is 14.8. The standard InChI is InChI=1S/C13H24N2O3/c1-8-5-4-6-11(7-8)15-13(18)14-10(3)9(2)12(16)17/h8-11H,4-7H2,1-3H3,(H,16,17)(H2,14,15,18). The molecule has 18 heavy (non-hydrogen) atoms. The summed E-state index contributed by atoms with van der Waals surface area (Å²) in [7, 11) is 0. The minimum atomic E-state index is -0.894. The highest BCUT2D eigenvalue weighted by atomic mass is 16.4. The number of rotatable bonds is 4. The van der Waals surface area contributed by atoms with Crippen LogP contribution in [0.3, 0.4) is 0 Å². The molecule has 0 heterocycles. The molecule has 1 fully saturated rings. The molecule has 1 saturated carbocycles. The molecule has 4 atom stereocenters. The van der Waals surface area contributed by atoms with Crippen LogP contribution in [0.15, 0.2) is 0 Å². The number of hydrogen-bond acceptors (Lipinski definition) is 2. The fourth-order valence-corrected chi connectivity index (χ4v) is 2.34. The van der Waals surface area contributed by atoms with Crippen LogP contribution in [0.1, 0.15) is 46.5 Å². The number of carbonyl (C=O) groups excluding carboxylic acids is 1. The van der Waals surface area contributed by atoms with E-state index >= 15 is 0 Å². The molecule has 104 valence electrons. The second kappa shape index (κ2) is 6.61. The quantitative estimate of drug-likeness (QED) is 0.719. The highest BCUT2D eigenvalue weighted by Gasteiger charge is 2.24. The number of carbonyl (C=O) groups is 2. The van der Waals surface area contributed by atoms with E-state index in [1.54, 1.807) is 13.8 Å². The summed E-state index contributed by atoms with van der Waals surface area (Å²) in [4.78, 5) is 22.5. The third kappa shape index (κ3) is 4.55. The third-order valence-electron chi connectivity index (χ3n) is 3.77. The molecule has 0 aromatic heterocycles. The van der Waals surface area contributed by atoms with Gasteiger partial charge in [0.15, 0.2) is 0 Å². The molecule has 0 bridgehead atoms. The number of carboxylic acids is 1. The highest BCUT2D eigenvalue weighted by Crippen LogP contribution is 2.23. The molecule has 5 nitrogen and oxygen atoms in total. The zero-order valence-electron chi connectivity index (χ0n) is 11.4. The van der Waals surface area contributed by atoms with Crippen LogP contribution >= 0.6 is 0 Å². The smallest absolute Gasteiger partial charge is 0.315 e. The van der Waals surface area contributed by atoms with Crippen molar-refractivity contribution in [3.8, 4) is 0 Å². The Morgan fingerprint density at radius 2 is 1.94 bits per heavy atom. The van der Waals surface area contributed by atoms with Crippen molar-refractivity contribution in [2.75, 3.05) is 0 Å². The van der Waals surface area contributed by atoms with Gasteiger partial charge in [0.2, 0.25) is 0 Å². The first-order valence-corrected chi connectivity index (χ1v) is 6.70. The molecular weight excluding hydrogens is 232 g/mol. The lowest BCUT2D eigenvalue weighted by molar-refractivity contribution is -0.141. The average Bonchev–Trinajstić information content (AvgIpc) is 2.27. The molecule has 2 amide bonds. The Labute approximate surface area is 108 Å². The van der Waals surface area contributed by atoms with E-state index in [4.69, 9.17) is 5.11 Å². The summed E-state index contributed by atoms with van der Waals surface area (Å²) in [5.41, 5.74) is 0. The van der Waals surface area contributed by atoms with Gasteiger partial charge in [0, 0.05) is 12.1 Å². The van der Waals surface area contributed by atoms with Gasteiger partial charge in [-0.3, -0.25) is 4.79 Å². The maximum Gasteiger partial charge on any atom is 0.315 e. The molecule has 0 aromatic carbocycles. The summed E-state index contributed by atoms with van der Waals surface area (Å²) in [5.74, 6) is -0.825. The van der Waals surface area contributed by atoms with Crippen LogP contribution in [0.5, 0.6) is 0 Å². The van der Waals surface area contributed by atoms with Crippen molar-refractivity contribution in [2.24, 2.45) is 11.8 Å². The number of hydrogen-bond donors (Lipinski definition) is 3. The Hall–Kier alpha value is -1.26. The van der Waals surface area contributed by atoms with E-state index in [-0.39, 0.29) is 18.1 Å². The largest absolute Gasteiger partial charge is 0.481 e. The number of urea groups is 1. The second-order valence-corrected chi connectivity index (χ2v) is 5.50. The van der Waals surface area contributed by atoms with Gasteiger partial charge in [0.05, 0.1) is 5.92 Å². The fourth-order valence-electron chi connectivity index (χ4n) is 2.34. The van der Waals surface area contributed by atoms with Crippen molar-refractivity contribution in [2.45, 2.75) is 58.5 Å². The molecule has 0 aliphatic heterocycles. The van der Waals surface area contributed by atoms with Crippen molar-refractivity contribution < 1.29 is 14.7 Å². The third-order valence-corrected chi connectivity index (χ3v) is 3.77. The second-order valence-electron chi connectivity index (χ2n) is 5.50. The van der Waals surface area contributed by atoms with Crippen molar-refractivity contribution >= 4 is 12.0 Å². The van der Waals surface area contributed by atoms with E-state index in [1.807, 2.05) is 0 Å². The lowest BCUT2D eigenvalue weighted by Gasteiger charge is -2.28. The zero-order valence-corrected chi connectivity index (χ0v) is 11.4. The molecule has 5 heteroatoms. The van der Waals surface area contributed by atoms with Crippen molar-refractivity contribution in [1.29, 1.82) is 0 Å². The highest BCUT2D eigenvalue weighted by molar-refractivity contribution is 5.76. The zero-order chi connectivity index (χ0) is 13.7. The Bertz CT molecular complexity index is 307. The predicted molar refractivity (Wildman–Crippen MR) is 69.3 cm³/mol. The Morgan fingerprint density at radius 3 is 2.50 bits per heavy atom. The number of amides is 2. The topological polar surface area (TPSA) is 78.4 Å². The van der Waals surface area contributed by atoms with Gasteiger partial charge in [-0.15, -0.1) is 0 Å². The average molecular weight is 256 g/mol. The number of aliphatic carboxylic acids is 1. The van der Waals surface area contributed by atoms with E-state index in [1.165, 1.54) is 6.42 Å². The Balaban J connectivity index is 2.34. The van der Waals surface area contributed by atoms with E-state index in [0.717, 1.165) is 19.3 Å². The molecular formula is C13H24N2O3. The van der Waals surface area contributed by atoms with Crippen LogP contribution in [-0.2, 0) is 4.79 Å². The molecule has 3 N–H and O–H groups in total. The maximum atomic E-state index is 11.7.